The molecule has 1 atom stereocenters. The first kappa shape index (κ1) is 9.60. The van der Waals surface area contributed by atoms with Crippen LogP contribution in [0.3, 0.4) is 0 Å². The first-order valence-electron chi connectivity index (χ1n) is 3.25. The van der Waals surface area contributed by atoms with Crippen molar-refractivity contribution in [1.82, 2.24) is 0 Å². The number of benzene rings is 1. The molecule has 0 saturated carbocycles. The van der Waals surface area contributed by atoms with Gasteiger partial charge in [-0.05, 0) is 22.0 Å². The molecule has 0 fully saturated rings. The van der Waals surface area contributed by atoms with Crippen molar-refractivity contribution >= 4 is 27.5 Å². The fraction of sp³-hybridized carbons (Fsp3) is 0.111. The van der Waals surface area contributed by atoms with E-state index >= 15 is 0 Å². The number of aliphatic hydroxyl groups is 1. The van der Waals surface area contributed by atoms with Crippen LogP contribution in [0, 0.1) is 12.3 Å². The molecule has 1 rings (SSSR count). The van der Waals surface area contributed by atoms with Crippen molar-refractivity contribution in [3.8, 4) is 12.3 Å². The maximum Gasteiger partial charge on any atom is 0.141 e. The number of hydrogen-bond acceptors (Lipinski definition) is 1. The van der Waals surface area contributed by atoms with Crippen molar-refractivity contribution in [3.63, 3.8) is 0 Å². The van der Waals surface area contributed by atoms with E-state index < -0.39 is 6.10 Å². The Morgan fingerprint density at radius 2 is 2.25 bits per heavy atom. The van der Waals surface area contributed by atoms with Crippen molar-refractivity contribution in [1.29, 1.82) is 0 Å². The van der Waals surface area contributed by atoms with Crippen LogP contribution in [-0.2, 0) is 0 Å². The van der Waals surface area contributed by atoms with E-state index in [4.69, 9.17) is 18.0 Å². The highest BCUT2D eigenvalue weighted by molar-refractivity contribution is 9.10. The number of rotatable bonds is 1. The second-order valence-electron chi connectivity index (χ2n) is 2.21. The fourth-order valence-electron chi connectivity index (χ4n) is 0.821. The molecular weight excluding hydrogens is 239 g/mol. The average molecular weight is 246 g/mol. The van der Waals surface area contributed by atoms with Gasteiger partial charge in [0.25, 0.3) is 0 Å². The maximum absolute atomic E-state index is 9.29. The van der Waals surface area contributed by atoms with Crippen LogP contribution < -0.4 is 0 Å². The van der Waals surface area contributed by atoms with Crippen molar-refractivity contribution < 1.29 is 5.11 Å². The van der Waals surface area contributed by atoms with Gasteiger partial charge in [-0.2, -0.15) is 0 Å². The van der Waals surface area contributed by atoms with E-state index in [2.05, 4.69) is 21.9 Å². The Bertz CT molecular complexity index is 330. The lowest BCUT2D eigenvalue weighted by Crippen LogP contribution is -1.94. The molecule has 0 aromatic heterocycles. The zero-order valence-electron chi connectivity index (χ0n) is 6.09. The van der Waals surface area contributed by atoms with E-state index in [1.807, 2.05) is 0 Å². The summed E-state index contributed by atoms with van der Waals surface area (Å²) in [4.78, 5) is 0. The van der Waals surface area contributed by atoms with Gasteiger partial charge in [-0.15, -0.1) is 6.42 Å². The lowest BCUT2D eigenvalue weighted by Gasteiger charge is -2.06. The predicted molar refractivity (Wildman–Crippen MR) is 52.9 cm³/mol. The van der Waals surface area contributed by atoms with Crippen LogP contribution in [0.15, 0.2) is 22.7 Å². The van der Waals surface area contributed by atoms with E-state index in [9.17, 15) is 5.11 Å². The van der Waals surface area contributed by atoms with E-state index in [-0.39, 0.29) is 0 Å². The van der Waals surface area contributed by atoms with E-state index in [0.717, 1.165) is 4.47 Å². The van der Waals surface area contributed by atoms with E-state index in [0.29, 0.717) is 10.6 Å². The fourth-order valence-corrected chi connectivity index (χ4v) is 1.43. The summed E-state index contributed by atoms with van der Waals surface area (Å²) in [6.07, 6.45) is 4.11. The van der Waals surface area contributed by atoms with Gasteiger partial charge in [0, 0.05) is 10.0 Å². The molecule has 0 bridgehead atoms. The van der Waals surface area contributed by atoms with Crippen LogP contribution >= 0.6 is 27.5 Å². The highest BCUT2D eigenvalue weighted by Gasteiger charge is 2.09. The molecule has 0 spiro atoms. The molecule has 0 radical (unpaired) electrons. The molecule has 0 saturated heterocycles. The zero-order chi connectivity index (χ0) is 9.14. The molecule has 3 heteroatoms. The van der Waals surface area contributed by atoms with Crippen LogP contribution in [0.4, 0.5) is 0 Å². The largest absolute Gasteiger partial charge is 0.376 e. The number of terminal acetylenes is 1. The Morgan fingerprint density at radius 3 is 2.83 bits per heavy atom. The summed E-state index contributed by atoms with van der Waals surface area (Å²) in [5.74, 6) is 2.20. The molecule has 0 aliphatic heterocycles. The minimum atomic E-state index is -0.935. The minimum absolute atomic E-state index is 0.461. The SMILES string of the molecule is C#CC(O)c1cccc(Br)c1Cl. The van der Waals surface area contributed by atoms with Crippen molar-refractivity contribution in [2.24, 2.45) is 0 Å². The zero-order valence-corrected chi connectivity index (χ0v) is 8.43. The van der Waals surface area contributed by atoms with Crippen molar-refractivity contribution in [2.75, 3.05) is 0 Å². The van der Waals surface area contributed by atoms with Gasteiger partial charge in [0.15, 0.2) is 0 Å². The molecule has 1 nitrogen and oxygen atoms in total. The van der Waals surface area contributed by atoms with E-state index in [1.165, 1.54) is 0 Å². The van der Waals surface area contributed by atoms with Crippen LogP contribution in [-0.4, -0.2) is 5.11 Å². The Kier molecular flexibility index (Phi) is 3.16. The third-order valence-electron chi connectivity index (χ3n) is 1.43. The molecule has 0 aliphatic rings. The van der Waals surface area contributed by atoms with Crippen LogP contribution in [0.2, 0.25) is 5.02 Å². The topological polar surface area (TPSA) is 20.2 Å². The van der Waals surface area contributed by atoms with Gasteiger partial charge < -0.3 is 5.11 Å². The minimum Gasteiger partial charge on any atom is -0.376 e. The normalized spacial score (nSPS) is 12.2. The quantitative estimate of drug-likeness (QED) is 0.754. The van der Waals surface area contributed by atoms with Crippen LogP contribution in [0.1, 0.15) is 11.7 Å². The van der Waals surface area contributed by atoms with Crippen molar-refractivity contribution in [3.05, 3.63) is 33.3 Å². The summed E-state index contributed by atoms with van der Waals surface area (Å²) < 4.78 is 0.732. The van der Waals surface area contributed by atoms with Gasteiger partial charge >= 0.3 is 0 Å². The molecule has 62 valence electrons. The molecule has 1 N–H and O–H groups in total. The highest BCUT2D eigenvalue weighted by atomic mass is 79.9. The molecule has 1 aromatic carbocycles. The first-order chi connectivity index (χ1) is 5.66. The average Bonchev–Trinajstić information content (AvgIpc) is 2.08. The van der Waals surface area contributed by atoms with Gasteiger partial charge in [-0.1, -0.05) is 29.7 Å². The Morgan fingerprint density at radius 1 is 1.58 bits per heavy atom. The summed E-state index contributed by atoms with van der Waals surface area (Å²) in [6.45, 7) is 0. The van der Waals surface area contributed by atoms with Gasteiger partial charge in [0.1, 0.15) is 6.10 Å². The molecule has 12 heavy (non-hydrogen) atoms. The van der Waals surface area contributed by atoms with Gasteiger partial charge in [0.2, 0.25) is 0 Å². The third-order valence-corrected chi connectivity index (χ3v) is 2.74. The number of aliphatic hydroxyl groups excluding tert-OH is 1. The van der Waals surface area contributed by atoms with Crippen LogP contribution in [0.25, 0.3) is 0 Å². The summed E-state index contributed by atoms with van der Waals surface area (Å²) in [5.41, 5.74) is 0.550. The lowest BCUT2D eigenvalue weighted by atomic mass is 10.1. The second-order valence-corrected chi connectivity index (χ2v) is 3.44. The molecular formula is C9H6BrClO. The smallest absolute Gasteiger partial charge is 0.141 e. The Labute approximate surface area is 84.5 Å². The number of hydrogen-bond donors (Lipinski definition) is 1. The summed E-state index contributed by atoms with van der Waals surface area (Å²) in [5, 5.41) is 9.75. The predicted octanol–water partition coefficient (Wildman–Crippen LogP) is 2.77. The van der Waals surface area contributed by atoms with Gasteiger partial charge in [0.05, 0.1) is 5.02 Å². The summed E-state index contributed by atoms with van der Waals surface area (Å²) in [7, 11) is 0. The summed E-state index contributed by atoms with van der Waals surface area (Å²) >= 11 is 9.10. The van der Waals surface area contributed by atoms with Crippen molar-refractivity contribution in [2.45, 2.75) is 6.10 Å². The van der Waals surface area contributed by atoms with Gasteiger partial charge in [-0.25, -0.2) is 0 Å². The molecule has 1 aromatic rings. The van der Waals surface area contributed by atoms with Crippen LogP contribution in [0.5, 0.6) is 0 Å². The second kappa shape index (κ2) is 3.95. The lowest BCUT2D eigenvalue weighted by molar-refractivity contribution is 0.238. The summed E-state index contributed by atoms with van der Waals surface area (Å²) in [6, 6.07) is 5.25. The molecule has 1 unspecified atom stereocenters. The third kappa shape index (κ3) is 1.81. The highest BCUT2D eigenvalue weighted by Crippen LogP contribution is 2.29. The monoisotopic (exact) mass is 244 g/mol. The number of halogens is 2. The van der Waals surface area contributed by atoms with E-state index in [1.54, 1.807) is 18.2 Å². The standard InChI is InChI=1S/C9H6BrClO/c1-2-8(12)6-4-3-5-7(10)9(6)11/h1,3-5,8,12H. The molecule has 0 aliphatic carbocycles. The van der Waals surface area contributed by atoms with Gasteiger partial charge in [-0.3, -0.25) is 0 Å². The molecule has 0 heterocycles. The Balaban J connectivity index is 3.18. The Hall–Kier alpha value is -0.490. The molecule has 0 amide bonds. The maximum atomic E-state index is 9.29. The first-order valence-corrected chi connectivity index (χ1v) is 4.42.